The summed E-state index contributed by atoms with van der Waals surface area (Å²) in [6.45, 7) is -0.429. The number of nitrogens with zero attached hydrogens (tertiary/aromatic N) is 7. The van der Waals surface area contributed by atoms with Crippen LogP contribution in [0.4, 0.5) is 13.2 Å². The van der Waals surface area contributed by atoms with Gasteiger partial charge >= 0.3 is 6.18 Å². The monoisotopic (exact) mass is 396 g/mol. The highest BCUT2D eigenvalue weighted by molar-refractivity contribution is 5.92. The number of hydrogen-bond acceptors (Lipinski definition) is 6. The fourth-order valence-corrected chi connectivity index (χ4v) is 3.02. The minimum absolute atomic E-state index is 0.0134. The Morgan fingerprint density at radius 3 is 2.68 bits per heavy atom. The zero-order valence-corrected chi connectivity index (χ0v) is 14.4. The molecule has 1 N–H and O–H groups in total. The molecule has 4 heterocycles. The number of fused-ring (bicyclic) bond motifs is 1. The predicted molar refractivity (Wildman–Crippen MR) is 89.1 cm³/mol. The average Bonchev–Trinajstić information content (AvgIpc) is 3.30. The molecule has 3 aromatic rings. The van der Waals surface area contributed by atoms with Crippen molar-refractivity contribution in [1.29, 1.82) is 0 Å². The summed E-state index contributed by atoms with van der Waals surface area (Å²) in [6.07, 6.45) is -1.35. The van der Waals surface area contributed by atoms with Crippen LogP contribution in [0.25, 0.3) is 11.5 Å². The summed E-state index contributed by atoms with van der Waals surface area (Å²) < 4.78 is 39.9. The summed E-state index contributed by atoms with van der Waals surface area (Å²) >= 11 is 0. The Labute approximate surface area is 155 Å². The fourth-order valence-electron chi connectivity index (χ4n) is 3.02. The summed E-state index contributed by atoms with van der Waals surface area (Å²) in [5.41, 5.74) is -0.00409. The number of nitrogens with one attached hydrogen (secondary N) is 1. The van der Waals surface area contributed by atoms with E-state index in [9.17, 15) is 22.8 Å². The molecule has 0 saturated carbocycles. The first-order valence-electron chi connectivity index (χ1n) is 8.39. The number of piperazine rings is 1. The lowest BCUT2D eigenvalue weighted by molar-refractivity contribution is -0.148. The summed E-state index contributed by atoms with van der Waals surface area (Å²) in [5, 5.41) is 11.8. The Morgan fingerprint density at radius 2 is 1.96 bits per heavy atom. The van der Waals surface area contributed by atoms with Crippen LogP contribution in [0.3, 0.4) is 0 Å². The first kappa shape index (κ1) is 18.2. The van der Waals surface area contributed by atoms with Crippen molar-refractivity contribution in [2.45, 2.75) is 6.18 Å². The second-order valence-corrected chi connectivity index (χ2v) is 6.35. The lowest BCUT2D eigenvalue weighted by atomic mass is 10.3. The third-order valence-electron chi connectivity index (χ3n) is 4.38. The number of aromatic amines is 1. The third kappa shape index (κ3) is 3.60. The van der Waals surface area contributed by atoms with Crippen molar-refractivity contribution in [1.82, 2.24) is 39.4 Å². The summed E-state index contributed by atoms with van der Waals surface area (Å²) in [6, 6.07) is 3.26. The van der Waals surface area contributed by atoms with E-state index >= 15 is 0 Å². The van der Waals surface area contributed by atoms with E-state index in [0.29, 0.717) is 5.52 Å². The van der Waals surface area contributed by atoms with Crippen LogP contribution in [0.15, 0.2) is 29.3 Å². The largest absolute Gasteiger partial charge is 0.401 e. The molecule has 0 unspecified atom stereocenters. The summed E-state index contributed by atoms with van der Waals surface area (Å²) in [4.78, 5) is 29.8. The third-order valence-corrected chi connectivity index (χ3v) is 4.38. The number of hydrogen-bond donors (Lipinski definition) is 1. The maximum absolute atomic E-state index is 12.5. The van der Waals surface area contributed by atoms with Gasteiger partial charge in [0, 0.05) is 32.4 Å². The molecule has 0 spiro atoms. The molecule has 3 aromatic heterocycles. The molecule has 0 radical (unpaired) electrons. The Kier molecular flexibility index (Phi) is 4.37. The van der Waals surface area contributed by atoms with Gasteiger partial charge in [-0.2, -0.15) is 17.9 Å². The maximum Gasteiger partial charge on any atom is 0.401 e. The van der Waals surface area contributed by atoms with E-state index in [2.05, 4.69) is 20.4 Å². The Morgan fingerprint density at radius 1 is 1.21 bits per heavy atom. The lowest BCUT2D eigenvalue weighted by Crippen LogP contribution is -2.51. The minimum atomic E-state index is -4.26. The zero-order chi connectivity index (χ0) is 19.9. The van der Waals surface area contributed by atoms with Crippen molar-refractivity contribution in [3.05, 3.63) is 40.6 Å². The van der Waals surface area contributed by atoms with E-state index < -0.39 is 18.6 Å². The number of carbonyl (C=O) groups excluding carboxylic acids is 1. The van der Waals surface area contributed by atoms with E-state index in [4.69, 9.17) is 0 Å². The molecule has 0 aromatic carbocycles. The SMILES string of the molecule is O=C(c1cn(-c2nn3cccc3c(=O)[nH]2)nn1)N1CCN(CC(F)(F)F)CC1. The van der Waals surface area contributed by atoms with Crippen LogP contribution in [0.5, 0.6) is 0 Å². The molecule has 0 atom stereocenters. The van der Waals surface area contributed by atoms with Crippen LogP contribution in [-0.4, -0.2) is 84.2 Å². The number of rotatable bonds is 3. The van der Waals surface area contributed by atoms with Gasteiger partial charge < -0.3 is 4.90 Å². The highest BCUT2D eigenvalue weighted by atomic mass is 19.4. The van der Waals surface area contributed by atoms with Gasteiger partial charge in [0.25, 0.3) is 17.4 Å². The molecule has 0 bridgehead atoms. The second-order valence-electron chi connectivity index (χ2n) is 6.35. The quantitative estimate of drug-likeness (QED) is 0.664. The highest BCUT2D eigenvalue weighted by Gasteiger charge is 2.33. The molecule has 1 saturated heterocycles. The van der Waals surface area contributed by atoms with Crippen LogP contribution >= 0.6 is 0 Å². The van der Waals surface area contributed by atoms with Crippen molar-refractivity contribution < 1.29 is 18.0 Å². The Balaban J connectivity index is 1.47. The average molecular weight is 396 g/mol. The molecule has 1 aliphatic rings. The summed E-state index contributed by atoms with van der Waals surface area (Å²) in [5.74, 6) is -0.363. The standard InChI is InChI=1S/C15H15F3N8O2/c16-15(17,18)9-23-4-6-24(7-5-23)13(28)10-8-26(22-20-10)14-19-12(27)11-2-1-3-25(11)21-14/h1-3,8H,4-7,9H2,(H,19,21,27). The van der Waals surface area contributed by atoms with Crippen molar-refractivity contribution in [3.63, 3.8) is 0 Å². The normalized spacial score (nSPS) is 16.0. The first-order chi connectivity index (χ1) is 13.3. The molecular formula is C15H15F3N8O2. The minimum Gasteiger partial charge on any atom is -0.335 e. The van der Waals surface area contributed by atoms with Crippen LogP contribution < -0.4 is 5.56 Å². The van der Waals surface area contributed by atoms with Gasteiger partial charge in [-0.25, -0.2) is 4.52 Å². The Hall–Kier alpha value is -3.22. The van der Waals surface area contributed by atoms with Crippen molar-refractivity contribution >= 4 is 11.4 Å². The molecule has 10 nitrogen and oxygen atoms in total. The zero-order valence-electron chi connectivity index (χ0n) is 14.4. The van der Waals surface area contributed by atoms with E-state index in [0.717, 1.165) is 4.68 Å². The van der Waals surface area contributed by atoms with E-state index in [-0.39, 0.29) is 43.4 Å². The topological polar surface area (TPSA) is 104 Å². The highest BCUT2D eigenvalue weighted by Crippen LogP contribution is 2.18. The second kappa shape index (κ2) is 6.74. The predicted octanol–water partition coefficient (Wildman–Crippen LogP) is -0.0766. The molecule has 1 amide bonds. The number of amides is 1. The first-order valence-corrected chi connectivity index (χ1v) is 8.39. The maximum atomic E-state index is 12.5. The summed E-state index contributed by atoms with van der Waals surface area (Å²) in [7, 11) is 0. The van der Waals surface area contributed by atoms with E-state index in [1.54, 1.807) is 18.3 Å². The van der Waals surface area contributed by atoms with Gasteiger partial charge in [0.15, 0.2) is 5.69 Å². The lowest BCUT2D eigenvalue weighted by Gasteiger charge is -2.34. The molecule has 1 fully saturated rings. The van der Waals surface area contributed by atoms with Gasteiger partial charge in [-0.15, -0.1) is 10.2 Å². The van der Waals surface area contributed by atoms with Crippen molar-refractivity contribution in [3.8, 4) is 5.95 Å². The molecule has 0 aliphatic carbocycles. The van der Waals surface area contributed by atoms with Gasteiger partial charge in [0.1, 0.15) is 5.52 Å². The van der Waals surface area contributed by atoms with Gasteiger partial charge in [-0.05, 0) is 12.1 Å². The van der Waals surface area contributed by atoms with Gasteiger partial charge in [-0.3, -0.25) is 19.5 Å². The van der Waals surface area contributed by atoms with E-state index in [1.807, 2.05) is 0 Å². The van der Waals surface area contributed by atoms with Gasteiger partial charge in [0.05, 0.1) is 12.7 Å². The molecule has 148 valence electrons. The Bertz CT molecular complexity index is 1060. The molecule has 13 heteroatoms. The van der Waals surface area contributed by atoms with Crippen LogP contribution in [0, 0.1) is 0 Å². The number of halogens is 3. The number of H-pyrrole nitrogens is 1. The molecular weight excluding hydrogens is 381 g/mol. The molecule has 1 aliphatic heterocycles. The smallest absolute Gasteiger partial charge is 0.335 e. The van der Waals surface area contributed by atoms with Crippen molar-refractivity contribution in [2.75, 3.05) is 32.7 Å². The van der Waals surface area contributed by atoms with E-state index in [1.165, 1.54) is 20.5 Å². The van der Waals surface area contributed by atoms with Crippen LogP contribution in [-0.2, 0) is 0 Å². The number of carbonyl (C=O) groups is 1. The van der Waals surface area contributed by atoms with Crippen LogP contribution in [0.1, 0.15) is 10.5 Å². The van der Waals surface area contributed by atoms with Gasteiger partial charge in [0.2, 0.25) is 0 Å². The van der Waals surface area contributed by atoms with Crippen molar-refractivity contribution in [2.24, 2.45) is 0 Å². The molecule has 28 heavy (non-hydrogen) atoms. The fraction of sp³-hybridized carbons (Fsp3) is 0.400. The number of aromatic nitrogens is 6. The van der Waals surface area contributed by atoms with Gasteiger partial charge in [-0.1, -0.05) is 5.21 Å². The van der Waals surface area contributed by atoms with Crippen LogP contribution in [0.2, 0.25) is 0 Å². The number of alkyl halides is 3. The molecule has 4 rings (SSSR count).